The van der Waals surface area contributed by atoms with Crippen molar-refractivity contribution in [1.82, 2.24) is 29.4 Å². The Labute approximate surface area is 172 Å². The van der Waals surface area contributed by atoms with Crippen LogP contribution in [0.5, 0.6) is 0 Å². The SMILES string of the molecule is Cc1ncsc1CCNC(=O)[C@H]1CN(C(=O)c2cnn3ccn(C)c23)CC[C@H]1O. The van der Waals surface area contributed by atoms with Gasteiger partial charge in [0.25, 0.3) is 5.91 Å². The van der Waals surface area contributed by atoms with Gasteiger partial charge in [-0.15, -0.1) is 11.3 Å². The van der Waals surface area contributed by atoms with E-state index in [1.807, 2.05) is 24.7 Å². The van der Waals surface area contributed by atoms with Crippen molar-refractivity contribution in [3.63, 3.8) is 0 Å². The predicted octanol–water partition coefficient (Wildman–Crippen LogP) is 0.620. The Kier molecular flexibility index (Phi) is 5.37. The van der Waals surface area contributed by atoms with Crippen molar-refractivity contribution in [1.29, 1.82) is 0 Å². The van der Waals surface area contributed by atoms with Crippen molar-refractivity contribution in [2.75, 3.05) is 19.6 Å². The summed E-state index contributed by atoms with van der Waals surface area (Å²) < 4.78 is 3.49. The Morgan fingerprint density at radius 1 is 1.38 bits per heavy atom. The van der Waals surface area contributed by atoms with Crippen LogP contribution >= 0.6 is 11.3 Å². The molecule has 0 spiro atoms. The first-order chi connectivity index (χ1) is 14.0. The molecule has 10 heteroatoms. The largest absolute Gasteiger partial charge is 0.392 e. The summed E-state index contributed by atoms with van der Waals surface area (Å²) in [7, 11) is 1.86. The first-order valence-electron chi connectivity index (χ1n) is 9.58. The van der Waals surface area contributed by atoms with Gasteiger partial charge in [0.2, 0.25) is 5.91 Å². The van der Waals surface area contributed by atoms with Crippen molar-refractivity contribution in [2.24, 2.45) is 13.0 Å². The molecule has 1 saturated heterocycles. The van der Waals surface area contributed by atoms with E-state index in [1.165, 1.54) is 0 Å². The van der Waals surface area contributed by atoms with Crippen molar-refractivity contribution < 1.29 is 14.7 Å². The van der Waals surface area contributed by atoms with Gasteiger partial charge in [0.15, 0.2) is 0 Å². The molecule has 1 aliphatic rings. The lowest BCUT2D eigenvalue weighted by molar-refractivity contribution is -0.130. The molecule has 0 radical (unpaired) electrons. The van der Waals surface area contributed by atoms with Crippen molar-refractivity contribution in [3.8, 4) is 0 Å². The summed E-state index contributed by atoms with van der Waals surface area (Å²) in [6.07, 6.45) is 5.49. The van der Waals surface area contributed by atoms with Crippen molar-refractivity contribution in [3.05, 3.63) is 40.2 Å². The number of aromatic nitrogens is 4. The number of rotatable bonds is 5. The van der Waals surface area contributed by atoms with Gasteiger partial charge in [0.1, 0.15) is 11.2 Å². The molecule has 0 unspecified atom stereocenters. The maximum absolute atomic E-state index is 13.0. The fourth-order valence-electron chi connectivity index (χ4n) is 3.75. The average Bonchev–Trinajstić information content (AvgIpc) is 3.40. The number of piperidine rings is 1. The molecule has 4 rings (SSSR count). The number of nitrogens with zero attached hydrogens (tertiary/aromatic N) is 5. The van der Waals surface area contributed by atoms with Gasteiger partial charge in [0, 0.05) is 50.4 Å². The molecule has 4 heterocycles. The summed E-state index contributed by atoms with van der Waals surface area (Å²) in [6.45, 7) is 3.02. The van der Waals surface area contributed by atoms with E-state index in [-0.39, 0.29) is 18.4 Å². The van der Waals surface area contributed by atoms with Crippen LogP contribution in [-0.2, 0) is 18.3 Å². The summed E-state index contributed by atoms with van der Waals surface area (Å²) in [6, 6.07) is 0. The molecule has 0 saturated carbocycles. The fourth-order valence-corrected chi connectivity index (χ4v) is 4.53. The van der Waals surface area contributed by atoms with Crippen molar-refractivity contribution >= 4 is 28.8 Å². The van der Waals surface area contributed by atoms with Gasteiger partial charge in [-0.3, -0.25) is 9.59 Å². The number of aryl methyl sites for hydroxylation is 2. The average molecular weight is 417 g/mol. The van der Waals surface area contributed by atoms with Crippen LogP contribution in [0.1, 0.15) is 27.3 Å². The highest BCUT2D eigenvalue weighted by Gasteiger charge is 2.36. The van der Waals surface area contributed by atoms with Crippen LogP contribution in [0.4, 0.5) is 0 Å². The number of aliphatic hydroxyl groups excluding tert-OH is 1. The summed E-state index contributed by atoms with van der Waals surface area (Å²) in [5.41, 5.74) is 3.98. The van der Waals surface area contributed by atoms with Crippen LogP contribution < -0.4 is 5.32 Å². The summed E-state index contributed by atoms with van der Waals surface area (Å²) in [5.74, 6) is -1.04. The third-order valence-corrected chi connectivity index (χ3v) is 6.46. The van der Waals surface area contributed by atoms with Gasteiger partial charge >= 0.3 is 0 Å². The second-order valence-corrected chi connectivity index (χ2v) is 8.29. The zero-order valence-corrected chi connectivity index (χ0v) is 17.2. The number of carbonyl (C=O) groups is 2. The predicted molar refractivity (Wildman–Crippen MR) is 108 cm³/mol. The van der Waals surface area contributed by atoms with E-state index in [2.05, 4.69) is 15.4 Å². The molecular formula is C19H24N6O3S. The number of hydrogen-bond acceptors (Lipinski definition) is 6. The molecule has 154 valence electrons. The Morgan fingerprint density at radius 2 is 2.21 bits per heavy atom. The molecule has 3 aromatic heterocycles. The minimum absolute atomic E-state index is 0.174. The number of fused-ring (bicyclic) bond motifs is 1. The number of hydrogen-bond donors (Lipinski definition) is 2. The molecule has 2 N–H and O–H groups in total. The fraction of sp³-hybridized carbons (Fsp3) is 0.474. The molecule has 1 fully saturated rings. The van der Waals surface area contributed by atoms with E-state index >= 15 is 0 Å². The first-order valence-corrected chi connectivity index (χ1v) is 10.5. The third-order valence-electron chi connectivity index (χ3n) is 5.46. The van der Waals surface area contributed by atoms with Crippen LogP contribution in [0.3, 0.4) is 0 Å². The quantitative estimate of drug-likeness (QED) is 0.634. The lowest BCUT2D eigenvalue weighted by atomic mass is 9.93. The molecule has 1 aliphatic heterocycles. The van der Waals surface area contributed by atoms with Gasteiger partial charge in [-0.25, -0.2) is 9.50 Å². The van der Waals surface area contributed by atoms with E-state index in [0.717, 1.165) is 10.6 Å². The van der Waals surface area contributed by atoms with Crippen LogP contribution in [0.2, 0.25) is 0 Å². The Hall–Kier alpha value is -2.72. The number of likely N-dealkylation sites (tertiary alicyclic amines) is 1. The Morgan fingerprint density at radius 3 is 2.97 bits per heavy atom. The van der Waals surface area contributed by atoms with Crippen LogP contribution in [0.15, 0.2) is 24.1 Å². The highest BCUT2D eigenvalue weighted by molar-refractivity contribution is 7.09. The normalized spacial score (nSPS) is 19.6. The topological polar surface area (TPSA) is 105 Å². The second-order valence-electron chi connectivity index (χ2n) is 7.35. The van der Waals surface area contributed by atoms with E-state index in [4.69, 9.17) is 0 Å². The number of nitrogens with one attached hydrogen (secondary N) is 1. The number of amides is 2. The molecule has 0 aliphatic carbocycles. The number of carbonyl (C=O) groups excluding carboxylic acids is 2. The molecule has 2 amide bonds. The smallest absolute Gasteiger partial charge is 0.259 e. The first kappa shape index (κ1) is 19.6. The highest BCUT2D eigenvalue weighted by Crippen LogP contribution is 2.22. The minimum atomic E-state index is -0.758. The standard InChI is InChI=1S/C19H24N6O3S/c1-12-16(29-11-21-12)3-5-20-17(27)14-10-24(6-4-15(14)26)19(28)13-9-22-25-8-7-23(2)18(13)25/h7-9,11,14-15,26H,3-6,10H2,1-2H3,(H,20,27)/t14-,15+/m0/s1. The zero-order chi connectivity index (χ0) is 20.5. The summed E-state index contributed by atoms with van der Waals surface area (Å²) in [4.78, 5) is 32.7. The molecule has 29 heavy (non-hydrogen) atoms. The molecule has 3 aromatic rings. The number of thiazole rings is 1. The third kappa shape index (κ3) is 3.77. The lowest BCUT2D eigenvalue weighted by Crippen LogP contribution is -2.51. The van der Waals surface area contributed by atoms with Crippen LogP contribution in [0, 0.1) is 12.8 Å². The van der Waals surface area contributed by atoms with Gasteiger partial charge in [-0.2, -0.15) is 5.10 Å². The van der Waals surface area contributed by atoms with Gasteiger partial charge in [0.05, 0.1) is 29.4 Å². The molecule has 9 nitrogen and oxygen atoms in total. The molecular weight excluding hydrogens is 392 g/mol. The maximum Gasteiger partial charge on any atom is 0.259 e. The monoisotopic (exact) mass is 416 g/mol. The number of imidazole rings is 1. The van der Waals surface area contributed by atoms with E-state index < -0.39 is 12.0 Å². The minimum Gasteiger partial charge on any atom is -0.392 e. The van der Waals surface area contributed by atoms with Gasteiger partial charge in [-0.1, -0.05) is 0 Å². The molecule has 0 bridgehead atoms. The van der Waals surface area contributed by atoms with Gasteiger partial charge < -0.3 is 19.9 Å². The Bertz CT molecular complexity index is 1040. The zero-order valence-electron chi connectivity index (χ0n) is 16.4. The lowest BCUT2D eigenvalue weighted by Gasteiger charge is -2.35. The van der Waals surface area contributed by atoms with E-state index in [1.54, 1.807) is 38.7 Å². The van der Waals surface area contributed by atoms with E-state index in [9.17, 15) is 14.7 Å². The second kappa shape index (κ2) is 7.96. The van der Waals surface area contributed by atoms with Gasteiger partial charge in [-0.05, 0) is 13.3 Å². The highest BCUT2D eigenvalue weighted by atomic mass is 32.1. The summed E-state index contributed by atoms with van der Waals surface area (Å²) in [5, 5.41) is 17.5. The van der Waals surface area contributed by atoms with Crippen LogP contribution in [0.25, 0.3) is 5.65 Å². The number of aliphatic hydroxyl groups is 1. The molecule has 0 aromatic carbocycles. The Balaban J connectivity index is 1.40. The van der Waals surface area contributed by atoms with E-state index in [0.29, 0.717) is 37.1 Å². The summed E-state index contributed by atoms with van der Waals surface area (Å²) >= 11 is 1.57. The van der Waals surface area contributed by atoms with Crippen molar-refractivity contribution in [2.45, 2.75) is 25.9 Å². The molecule has 2 atom stereocenters. The maximum atomic E-state index is 13.0. The van der Waals surface area contributed by atoms with Crippen LogP contribution in [-0.4, -0.2) is 66.7 Å².